The molecule has 1 aromatic carbocycles. The number of benzene rings is 1. The highest BCUT2D eigenvalue weighted by Crippen LogP contribution is 2.53. The normalized spacial score (nSPS) is 25.2. The molecule has 11 nitrogen and oxygen atoms in total. The predicted molar refractivity (Wildman–Crippen MR) is 120 cm³/mol. The highest BCUT2D eigenvalue weighted by Gasteiger charge is 2.60. The summed E-state index contributed by atoms with van der Waals surface area (Å²) in [7, 11) is 3.38. The molecule has 0 radical (unpaired) electrons. The molecule has 35 heavy (non-hydrogen) atoms. The van der Waals surface area contributed by atoms with Gasteiger partial charge in [0.1, 0.15) is 22.8 Å². The van der Waals surface area contributed by atoms with Crippen molar-refractivity contribution in [2.75, 3.05) is 19.0 Å². The molecule has 0 spiro atoms. The molecule has 182 valence electrons. The van der Waals surface area contributed by atoms with Crippen LogP contribution in [0.3, 0.4) is 0 Å². The smallest absolute Gasteiger partial charge is 0.382 e. The van der Waals surface area contributed by atoms with E-state index in [1.165, 1.54) is 6.07 Å². The number of rotatable bonds is 2. The number of carboxylic acids is 1. The minimum atomic E-state index is -2.66. The molecule has 1 aromatic rings. The number of phenolic OH excluding ortho intramolecular Hbond substituents is 1. The average Bonchev–Trinajstić information content (AvgIpc) is 2.75. The van der Waals surface area contributed by atoms with Gasteiger partial charge >= 0.3 is 5.97 Å². The fourth-order valence-electron chi connectivity index (χ4n) is 5.28. The molecule has 0 aliphatic heterocycles. The van der Waals surface area contributed by atoms with Gasteiger partial charge in [0.05, 0.1) is 11.1 Å². The van der Waals surface area contributed by atoms with Gasteiger partial charge in [-0.25, -0.2) is 4.79 Å². The van der Waals surface area contributed by atoms with Crippen LogP contribution in [0.5, 0.6) is 5.75 Å². The first-order chi connectivity index (χ1) is 16.3. The second-order valence-corrected chi connectivity index (χ2v) is 9.00. The summed E-state index contributed by atoms with van der Waals surface area (Å²) in [6.07, 6.45) is -0.267. The quantitative estimate of drug-likeness (QED) is 0.245. The number of nitrogens with zero attached hydrogens (tertiary/aromatic N) is 1. The van der Waals surface area contributed by atoms with Crippen LogP contribution in [0, 0.1) is 23.7 Å². The maximum Gasteiger partial charge on any atom is 0.382 e. The van der Waals surface area contributed by atoms with Crippen molar-refractivity contribution in [1.82, 2.24) is 0 Å². The number of carbonyl (C=O) groups excluding carboxylic acids is 3. The number of aliphatic hydroxyl groups excluding tert-OH is 2. The second kappa shape index (κ2) is 7.89. The van der Waals surface area contributed by atoms with Crippen LogP contribution in [0.2, 0.25) is 0 Å². The lowest BCUT2D eigenvalue weighted by Gasteiger charge is -2.46. The summed E-state index contributed by atoms with van der Waals surface area (Å²) in [6.45, 7) is 0. The standard InChI is InChI=1S/C24H22N2O9/c1-26(2)13-7-9(3-4-15(28)29)19(30)17-12(13)6-10-5-11-8-14(27)18(23(25)34)22(33)24(11,35)21(32)16(10)20(17)31/h7,10-11,30-31,33,35H,5-6,8H2,1-2H3,(H2,25,34)(H,28,29). The van der Waals surface area contributed by atoms with Crippen molar-refractivity contribution in [3.8, 4) is 17.6 Å². The summed E-state index contributed by atoms with van der Waals surface area (Å²) in [6, 6.07) is 1.46. The maximum atomic E-state index is 13.5. The zero-order chi connectivity index (χ0) is 26.0. The number of aromatic hydroxyl groups is 1. The number of nitrogens with two attached hydrogens (primary N) is 1. The topological polar surface area (TPSA) is 199 Å². The molecular weight excluding hydrogens is 460 g/mol. The largest absolute Gasteiger partial charge is 0.508 e. The summed E-state index contributed by atoms with van der Waals surface area (Å²) in [5, 5.41) is 52.8. The van der Waals surface area contributed by atoms with E-state index in [0.29, 0.717) is 11.3 Å². The van der Waals surface area contributed by atoms with Crippen molar-refractivity contribution in [3.63, 3.8) is 0 Å². The number of carboxylic acid groups (broad SMARTS) is 1. The van der Waals surface area contributed by atoms with Crippen LogP contribution in [0.1, 0.15) is 29.5 Å². The number of aliphatic carboxylic acids is 1. The van der Waals surface area contributed by atoms with E-state index in [1.54, 1.807) is 19.0 Å². The van der Waals surface area contributed by atoms with Gasteiger partial charge in [0.15, 0.2) is 11.4 Å². The number of ketones is 2. The zero-order valence-electron chi connectivity index (χ0n) is 18.7. The number of hydrogen-bond acceptors (Lipinski definition) is 9. The average molecular weight is 482 g/mol. The number of phenols is 1. The third-order valence-electron chi connectivity index (χ3n) is 6.83. The Morgan fingerprint density at radius 1 is 1.17 bits per heavy atom. The van der Waals surface area contributed by atoms with Gasteiger partial charge < -0.3 is 36.2 Å². The Hall–Kier alpha value is -4.30. The van der Waals surface area contributed by atoms with Crippen molar-refractivity contribution in [2.45, 2.75) is 24.9 Å². The number of amides is 1. The monoisotopic (exact) mass is 482 g/mol. The minimum Gasteiger partial charge on any atom is -0.508 e. The van der Waals surface area contributed by atoms with Crippen LogP contribution in [-0.2, 0) is 25.6 Å². The first-order valence-corrected chi connectivity index (χ1v) is 10.6. The van der Waals surface area contributed by atoms with Crippen molar-refractivity contribution in [3.05, 3.63) is 39.7 Å². The van der Waals surface area contributed by atoms with E-state index in [2.05, 4.69) is 5.92 Å². The molecule has 7 N–H and O–H groups in total. The van der Waals surface area contributed by atoms with E-state index in [1.807, 2.05) is 5.92 Å². The molecule has 11 heteroatoms. The molecule has 0 aromatic heterocycles. The predicted octanol–water partition coefficient (Wildman–Crippen LogP) is -0.0740. The first-order valence-electron chi connectivity index (χ1n) is 10.6. The van der Waals surface area contributed by atoms with Gasteiger partial charge in [-0.1, -0.05) is 5.92 Å². The number of fused-ring (bicyclic) bond motifs is 3. The second-order valence-electron chi connectivity index (χ2n) is 9.00. The van der Waals surface area contributed by atoms with Gasteiger partial charge in [-0.2, -0.15) is 0 Å². The van der Waals surface area contributed by atoms with E-state index >= 15 is 0 Å². The molecule has 1 amide bonds. The molecule has 3 atom stereocenters. The fraction of sp³-hybridized carbons (Fsp3) is 0.333. The van der Waals surface area contributed by atoms with E-state index < -0.39 is 70.1 Å². The molecule has 1 saturated carbocycles. The van der Waals surface area contributed by atoms with Crippen molar-refractivity contribution in [1.29, 1.82) is 0 Å². The zero-order valence-corrected chi connectivity index (χ0v) is 18.7. The van der Waals surface area contributed by atoms with Crippen molar-refractivity contribution < 1.29 is 44.7 Å². The van der Waals surface area contributed by atoms with Crippen LogP contribution < -0.4 is 10.6 Å². The Morgan fingerprint density at radius 2 is 1.83 bits per heavy atom. The van der Waals surface area contributed by atoms with Crippen LogP contribution >= 0.6 is 0 Å². The van der Waals surface area contributed by atoms with Gasteiger partial charge in [0.25, 0.3) is 5.91 Å². The molecule has 3 aliphatic carbocycles. The molecule has 1 fully saturated rings. The molecule has 3 aliphatic rings. The minimum absolute atomic E-state index is 0.0110. The van der Waals surface area contributed by atoms with Crippen molar-refractivity contribution in [2.24, 2.45) is 17.6 Å². The maximum absolute atomic E-state index is 13.5. The van der Waals surface area contributed by atoms with Gasteiger partial charge in [0, 0.05) is 43.6 Å². The van der Waals surface area contributed by atoms with Crippen molar-refractivity contribution >= 4 is 34.9 Å². The molecule has 0 bridgehead atoms. The molecule has 0 saturated heterocycles. The number of carbonyl (C=O) groups is 4. The van der Waals surface area contributed by atoms with Crippen LogP contribution in [0.25, 0.3) is 5.76 Å². The van der Waals surface area contributed by atoms with Crippen LogP contribution in [-0.4, -0.2) is 68.7 Å². The summed E-state index contributed by atoms with van der Waals surface area (Å²) in [4.78, 5) is 50.2. The Labute approximate surface area is 198 Å². The molecular formula is C24H22N2O9. The Kier molecular flexibility index (Phi) is 5.37. The Bertz CT molecular complexity index is 1360. The molecule has 3 unspecified atom stereocenters. The molecule has 4 rings (SSSR count). The van der Waals surface area contributed by atoms with E-state index in [-0.39, 0.29) is 29.5 Å². The van der Waals surface area contributed by atoms with Crippen LogP contribution in [0.15, 0.2) is 23.0 Å². The van der Waals surface area contributed by atoms with Gasteiger partial charge in [0.2, 0.25) is 5.78 Å². The van der Waals surface area contributed by atoms with Crippen LogP contribution in [0.4, 0.5) is 5.69 Å². The fourth-order valence-corrected chi connectivity index (χ4v) is 5.28. The first kappa shape index (κ1) is 23.8. The lowest BCUT2D eigenvalue weighted by atomic mass is 9.59. The van der Waals surface area contributed by atoms with Gasteiger partial charge in [-0.15, -0.1) is 0 Å². The third kappa shape index (κ3) is 3.33. The highest BCUT2D eigenvalue weighted by molar-refractivity contribution is 6.22. The summed E-state index contributed by atoms with van der Waals surface area (Å²) < 4.78 is 0. The SMILES string of the molecule is CN(C)c1cc(C#CC(=O)O)c(O)c2c1CC1CC3CC(=O)C(C(N)=O)=C(O)C3(O)C(=O)C1=C2O. The lowest BCUT2D eigenvalue weighted by molar-refractivity contribution is -0.147. The van der Waals surface area contributed by atoms with E-state index in [4.69, 9.17) is 10.8 Å². The number of hydrogen-bond donors (Lipinski definition) is 6. The Morgan fingerprint density at radius 3 is 2.40 bits per heavy atom. The number of Topliss-reactive ketones (excluding diaryl/α,β-unsaturated/α-hetero) is 2. The summed E-state index contributed by atoms with van der Waals surface area (Å²) >= 11 is 0. The van der Waals surface area contributed by atoms with Gasteiger partial charge in [-0.05, 0) is 30.4 Å². The summed E-state index contributed by atoms with van der Waals surface area (Å²) in [5.41, 5.74) is 2.06. The molecule has 0 heterocycles. The lowest BCUT2D eigenvalue weighted by Crippen LogP contribution is -2.58. The number of primary amides is 1. The van der Waals surface area contributed by atoms with Gasteiger partial charge in [-0.3, -0.25) is 14.4 Å². The summed E-state index contributed by atoms with van der Waals surface area (Å²) in [5.74, 6) is -4.55. The number of aliphatic hydroxyl groups is 3. The van der Waals surface area contributed by atoms with E-state index in [0.717, 1.165) is 0 Å². The van der Waals surface area contributed by atoms with E-state index in [9.17, 15) is 39.6 Å². The Balaban J connectivity index is 1.98. The third-order valence-corrected chi connectivity index (χ3v) is 6.83. The highest BCUT2D eigenvalue weighted by atomic mass is 16.4. The number of anilines is 1.